The fourth-order valence-electron chi connectivity index (χ4n) is 2.68. The molecule has 0 aromatic carbocycles. The fraction of sp³-hybridized carbons (Fsp3) is 0.867. The Hall–Kier alpha value is -0.260. The molecule has 0 unspecified atom stereocenters. The normalized spacial score (nSPS) is 27.3. The number of hydrogen-bond acceptors (Lipinski definition) is 0. The Morgan fingerprint density at radius 2 is 1.73 bits per heavy atom. The lowest BCUT2D eigenvalue weighted by atomic mass is 9.79. The van der Waals surface area contributed by atoms with E-state index < -0.39 is 0 Å². The molecule has 0 N–H and O–H groups in total. The second-order valence-corrected chi connectivity index (χ2v) is 5.11. The summed E-state index contributed by atoms with van der Waals surface area (Å²) in [5.74, 6) is 1.97. The zero-order valence-corrected chi connectivity index (χ0v) is 10.7. The van der Waals surface area contributed by atoms with Crippen molar-refractivity contribution in [2.45, 2.75) is 71.6 Å². The molecule has 0 aliphatic heterocycles. The molecule has 0 heterocycles. The molecule has 1 rings (SSSR count). The van der Waals surface area contributed by atoms with Crippen molar-refractivity contribution in [2.75, 3.05) is 0 Å². The average Bonchev–Trinajstić information content (AvgIpc) is 2.28. The van der Waals surface area contributed by atoms with Crippen molar-refractivity contribution < 1.29 is 0 Å². The van der Waals surface area contributed by atoms with Crippen molar-refractivity contribution in [1.82, 2.24) is 0 Å². The van der Waals surface area contributed by atoms with Gasteiger partial charge < -0.3 is 0 Å². The van der Waals surface area contributed by atoms with Crippen LogP contribution in [0.4, 0.5) is 0 Å². The van der Waals surface area contributed by atoms with Crippen LogP contribution < -0.4 is 0 Å². The van der Waals surface area contributed by atoms with E-state index in [0.29, 0.717) is 0 Å². The predicted molar refractivity (Wildman–Crippen MR) is 69.0 cm³/mol. The Bertz CT molecular complexity index is 161. The molecule has 15 heavy (non-hydrogen) atoms. The van der Waals surface area contributed by atoms with Gasteiger partial charge in [0.25, 0.3) is 0 Å². The highest BCUT2D eigenvalue weighted by molar-refractivity contribution is 4.90. The SMILES string of the molecule is CCC=CC1CCC(CCCCC)CC1. The first kappa shape index (κ1) is 12.8. The first-order valence-electron chi connectivity index (χ1n) is 7.03. The summed E-state index contributed by atoms with van der Waals surface area (Å²) < 4.78 is 0. The molecular weight excluding hydrogens is 180 g/mol. The molecule has 0 aromatic rings. The summed E-state index contributed by atoms with van der Waals surface area (Å²) >= 11 is 0. The van der Waals surface area contributed by atoms with E-state index in [1.807, 2.05) is 0 Å². The van der Waals surface area contributed by atoms with E-state index in [1.165, 1.54) is 57.8 Å². The van der Waals surface area contributed by atoms with Crippen LogP contribution in [-0.2, 0) is 0 Å². The van der Waals surface area contributed by atoms with Gasteiger partial charge in [-0.1, -0.05) is 51.7 Å². The van der Waals surface area contributed by atoms with Crippen LogP contribution >= 0.6 is 0 Å². The molecule has 0 bridgehead atoms. The Balaban J connectivity index is 2.09. The maximum Gasteiger partial charge on any atom is -0.0233 e. The van der Waals surface area contributed by atoms with E-state index >= 15 is 0 Å². The molecule has 0 nitrogen and oxygen atoms in total. The summed E-state index contributed by atoms with van der Waals surface area (Å²) in [6, 6.07) is 0. The van der Waals surface area contributed by atoms with Gasteiger partial charge in [-0.2, -0.15) is 0 Å². The first-order valence-corrected chi connectivity index (χ1v) is 7.03. The Morgan fingerprint density at radius 1 is 1.00 bits per heavy atom. The van der Waals surface area contributed by atoms with E-state index in [2.05, 4.69) is 26.0 Å². The van der Waals surface area contributed by atoms with Gasteiger partial charge >= 0.3 is 0 Å². The number of allylic oxidation sites excluding steroid dienone is 2. The van der Waals surface area contributed by atoms with Crippen LogP contribution in [0.2, 0.25) is 0 Å². The summed E-state index contributed by atoms with van der Waals surface area (Å²) in [7, 11) is 0. The first-order chi connectivity index (χ1) is 7.36. The van der Waals surface area contributed by atoms with Gasteiger partial charge in [0.15, 0.2) is 0 Å². The van der Waals surface area contributed by atoms with Gasteiger partial charge in [0.1, 0.15) is 0 Å². The standard InChI is InChI=1S/C15H28/c1-3-5-7-9-15-12-10-14(11-13-15)8-6-4-2/h6,8,14-15H,3-5,7,9-13H2,1-2H3. The number of rotatable bonds is 6. The van der Waals surface area contributed by atoms with Crippen molar-refractivity contribution in [3.05, 3.63) is 12.2 Å². The molecule has 0 aromatic heterocycles. The maximum atomic E-state index is 2.46. The van der Waals surface area contributed by atoms with E-state index in [-0.39, 0.29) is 0 Å². The third-order valence-corrected chi connectivity index (χ3v) is 3.75. The Morgan fingerprint density at radius 3 is 2.33 bits per heavy atom. The highest BCUT2D eigenvalue weighted by Gasteiger charge is 2.18. The smallest absolute Gasteiger partial charge is 0.0233 e. The van der Waals surface area contributed by atoms with Crippen LogP contribution in [-0.4, -0.2) is 0 Å². The van der Waals surface area contributed by atoms with Gasteiger partial charge in [-0.05, 0) is 43.9 Å². The predicted octanol–water partition coefficient (Wildman–Crippen LogP) is 5.34. The second kappa shape index (κ2) is 7.96. The molecule has 1 fully saturated rings. The number of unbranched alkanes of at least 4 members (excludes halogenated alkanes) is 2. The summed E-state index contributed by atoms with van der Waals surface area (Å²) in [5, 5.41) is 0. The molecule has 1 aliphatic rings. The zero-order valence-electron chi connectivity index (χ0n) is 10.7. The fourth-order valence-corrected chi connectivity index (χ4v) is 2.68. The van der Waals surface area contributed by atoms with Gasteiger partial charge in [0.05, 0.1) is 0 Å². The molecule has 0 radical (unpaired) electrons. The maximum absolute atomic E-state index is 2.46. The third kappa shape index (κ3) is 5.39. The molecule has 0 spiro atoms. The molecule has 88 valence electrons. The van der Waals surface area contributed by atoms with Crippen molar-refractivity contribution in [2.24, 2.45) is 11.8 Å². The van der Waals surface area contributed by atoms with Crippen LogP contribution in [0.5, 0.6) is 0 Å². The lowest BCUT2D eigenvalue weighted by Crippen LogP contribution is -2.12. The van der Waals surface area contributed by atoms with Gasteiger partial charge in [0, 0.05) is 0 Å². The molecule has 0 saturated heterocycles. The Kier molecular flexibility index (Phi) is 6.80. The quantitative estimate of drug-likeness (QED) is 0.408. The summed E-state index contributed by atoms with van der Waals surface area (Å²) in [5.41, 5.74) is 0. The average molecular weight is 208 g/mol. The summed E-state index contributed by atoms with van der Waals surface area (Å²) in [6.45, 7) is 4.53. The van der Waals surface area contributed by atoms with E-state index in [4.69, 9.17) is 0 Å². The highest BCUT2D eigenvalue weighted by Crippen LogP contribution is 2.32. The van der Waals surface area contributed by atoms with Crippen LogP contribution in [0.3, 0.4) is 0 Å². The second-order valence-electron chi connectivity index (χ2n) is 5.11. The van der Waals surface area contributed by atoms with Crippen molar-refractivity contribution in [3.8, 4) is 0 Å². The van der Waals surface area contributed by atoms with E-state index in [1.54, 1.807) is 0 Å². The van der Waals surface area contributed by atoms with Gasteiger partial charge in [-0.25, -0.2) is 0 Å². The molecule has 0 atom stereocenters. The molecular formula is C15H28. The molecule has 0 heteroatoms. The minimum absolute atomic E-state index is 0.910. The minimum atomic E-state index is 0.910. The van der Waals surface area contributed by atoms with E-state index in [9.17, 15) is 0 Å². The Labute approximate surface area is 96.2 Å². The van der Waals surface area contributed by atoms with Crippen molar-refractivity contribution >= 4 is 0 Å². The molecule has 0 amide bonds. The van der Waals surface area contributed by atoms with Gasteiger partial charge in [-0.15, -0.1) is 0 Å². The lowest BCUT2D eigenvalue weighted by molar-refractivity contribution is 0.289. The summed E-state index contributed by atoms with van der Waals surface area (Å²) in [4.78, 5) is 0. The van der Waals surface area contributed by atoms with Crippen LogP contribution in [0.15, 0.2) is 12.2 Å². The van der Waals surface area contributed by atoms with Crippen molar-refractivity contribution in [1.29, 1.82) is 0 Å². The molecule has 1 saturated carbocycles. The number of hydrogen-bond donors (Lipinski definition) is 0. The van der Waals surface area contributed by atoms with Crippen LogP contribution in [0.1, 0.15) is 71.6 Å². The topological polar surface area (TPSA) is 0 Å². The third-order valence-electron chi connectivity index (χ3n) is 3.75. The largest absolute Gasteiger partial charge is 0.0885 e. The summed E-state index contributed by atoms with van der Waals surface area (Å²) in [6.07, 6.45) is 17.7. The molecule has 1 aliphatic carbocycles. The lowest BCUT2D eigenvalue weighted by Gasteiger charge is -2.26. The van der Waals surface area contributed by atoms with Crippen molar-refractivity contribution in [3.63, 3.8) is 0 Å². The zero-order chi connectivity index (χ0) is 10.9. The highest BCUT2D eigenvalue weighted by atomic mass is 14.2. The van der Waals surface area contributed by atoms with Crippen LogP contribution in [0, 0.1) is 11.8 Å². The minimum Gasteiger partial charge on any atom is -0.0885 e. The van der Waals surface area contributed by atoms with Crippen LogP contribution in [0.25, 0.3) is 0 Å². The van der Waals surface area contributed by atoms with E-state index in [0.717, 1.165) is 11.8 Å². The van der Waals surface area contributed by atoms with Gasteiger partial charge in [0.2, 0.25) is 0 Å². The van der Waals surface area contributed by atoms with Gasteiger partial charge in [-0.3, -0.25) is 0 Å². The monoisotopic (exact) mass is 208 g/mol.